The highest BCUT2D eigenvalue weighted by molar-refractivity contribution is 6.00. The van der Waals surface area contributed by atoms with Crippen LogP contribution in [-0.2, 0) is 0 Å². The Balaban J connectivity index is 1.83. The summed E-state index contributed by atoms with van der Waals surface area (Å²) >= 11 is 0. The first-order valence-corrected chi connectivity index (χ1v) is 8.53. The van der Waals surface area contributed by atoms with Crippen LogP contribution in [0, 0.1) is 0 Å². The first-order chi connectivity index (χ1) is 12.8. The highest BCUT2D eigenvalue weighted by Crippen LogP contribution is 2.33. The van der Waals surface area contributed by atoms with Gasteiger partial charge in [-0.25, -0.2) is 0 Å². The molecule has 0 saturated carbocycles. The van der Waals surface area contributed by atoms with Crippen LogP contribution in [0.1, 0.15) is 0 Å². The number of aliphatic hydroxyl groups excluding tert-OH is 1. The third-order valence-electron chi connectivity index (χ3n) is 3.83. The Morgan fingerprint density at radius 1 is 0.923 bits per heavy atom. The van der Waals surface area contributed by atoms with Gasteiger partial charge in [0.25, 0.3) is 0 Å². The second-order valence-corrected chi connectivity index (χ2v) is 5.66. The zero-order valence-electron chi connectivity index (χ0n) is 14.4. The van der Waals surface area contributed by atoms with E-state index in [4.69, 9.17) is 15.6 Å². The smallest absolute Gasteiger partial charge is 0.119 e. The number of aliphatic hydroxyl groups is 1. The van der Waals surface area contributed by atoms with Crippen LogP contribution in [0.3, 0.4) is 0 Å². The van der Waals surface area contributed by atoms with Gasteiger partial charge < -0.3 is 20.9 Å². The maximum atomic E-state index is 8.78. The van der Waals surface area contributed by atoms with E-state index in [1.165, 1.54) is 0 Å². The molecule has 3 aromatic rings. The van der Waals surface area contributed by atoms with Crippen LogP contribution in [0.2, 0.25) is 0 Å². The average molecular weight is 350 g/mol. The minimum Gasteiger partial charge on any atom is -0.491 e. The van der Waals surface area contributed by atoms with Crippen molar-refractivity contribution in [2.24, 2.45) is 16.0 Å². The number of nitrogens with two attached hydrogens (primary N) is 1. The zero-order valence-corrected chi connectivity index (χ0v) is 14.4. The van der Waals surface area contributed by atoms with Crippen LogP contribution in [0.5, 0.6) is 5.75 Å². The molecule has 0 aliphatic carbocycles. The Morgan fingerprint density at radius 3 is 2.42 bits per heavy atom. The molecule has 0 bridgehead atoms. The monoisotopic (exact) mass is 350 g/mol. The Hall–Kier alpha value is -2.96. The van der Waals surface area contributed by atoms with Crippen molar-refractivity contribution in [3.63, 3.8) is 0 Å². The van der Waals surface area contributed by atoms with Gasteiger partial charge in [-0.05, 0) is 36.4 Å². The van der Waals surface area contributed by atoms with E-state index in [-0.39, 0.29) is 13.2 Å². The minimum absolute atomic E-state index is 0.00926. The quantitative estimate of drug-likeness (QED) is 0.536. The molecule has 26 heavy (non-hydrogen) atoms. The van der Waals surface area contributed by atoms with Crippen molar-refractivity contribution < 1.29 is 9.84 Å². The van der Waals surface area contributed by atoms with Gasteiger partial charge in [-0.15, -0.1) is 5.11 Å². The van der Waals surface area contributed by atoms with Crippen LogP contribution in [0.25, 0.3) is 10.8 Å². The molecule has 0 atom stereocenters. The van der Waals surface area contributed by atoms with Gasteiger partial charge in [-0.1, -0.05) is 24.3 Å². The first-order valence-electron chi connectivity index (χ1n) is 8.53. The fraction of sp³-hybridized carbons (Fsp3) is 0.200. The molecule has 0 fully saturated rings. The number of fused-ring (bicyclic) bond motifs is 1. The highest BCUT2D eigenvalue weighted by atomic mass is 16.5. The van der Waals surface area contributed by atoms with E-state index in [0.29, 0.717) is 12.3 Å². The Kier molecular flexibility index (Phi) is 6.14. The number of ether oxygens (including phenoxy) is 1. The normalized spacial score (nSPS) is 11.2. The molecule has 3 rings (SSSR count). The standard InChI is InChI=1S/C20H22N4O2/c21-11-12-22-19-9-10-20(18-4-2-1-3-17(18)19)24-23-15-5-7-16(8-6-15)26-14-13-25/h1-10,22,25H,11-14,21H2. The summed E-state index contributed by atoms with van der Waals surface area (Å²) in [4.78, 5) is 0. The molecule has 0 aliphatic rings. The Morgan fingerprint density at radius 2 is 1.69 bits per heavy atom. The van der Waals surface area contributed by atoms with Crippen LogP contribution >= 0.6 is 0 Å². The van der Waals surface area contributed by atoms with Crippen LogP contribution < -0.4 is 15.8 Å². The lowest BCUT2D eigenvalue weighted by Crippen LogP contribution is -2.13. The molecule has 0 spiro atoms. The molecule has 0 radical (unpaired) electrons. The van der Waals surface area contributed by atoms with Crippen molar-refractivity contribution in [1.82, 2.24) is 0 Å². The van der Waals surface area contributed by atoms with Crippen LogP contribution in [0.4, 0.5) is 17.1 Å². The molecule has 0 amide bonds. The van der Waals surface area contributed by atoms with Crippen molar-refractivity contribution in [2.45, 2.75) is 0 Å². The van der Waals surface area contributed by atoms with Crippen molar-refractivity contribution in [1.29, 1.82) is 0 Å². The van der Waals surface area contributed by atoms with Crippen molar-refractivity contribution in [3.05, 3.63) is 60.7 Å². The summed E-state index contributed by atoms with van der Waals surface area (Å²) in [7, 11) is 0. The summed E-state index contributed by atoms with van der Waals surface area (Å²) in [6.45, 7) is 1.56. The van der Waals surface area contributed by atoms with E-state index in [1.54, 1.807) is 0 Å². The van der Waals surface area contributed by atoms with E-state index in [2.05, 4.69) is 21.6 Å². The van der Waals surface area contributed by atoms with Crippen molar-refractivity contribution in [3.8, 4) is 5.75 Å². The number of rotatable bonds is 8. The molecule has 0 heterocycles. The number of hydrogen-bond acceptors (Lipinski definition) is 6. The van der Waals surface area contributed by atoms with Gasteiger partial charge in [0.2, 0.25) is 0 Å². The van der Waals surface area contributed by atoms with Gasteiger partial charge in [-0.2, -0.15) is 5.11 Å². The number of hydrogen-bond donors (Lipinski definition) is 3. The maximum absolute atomic E-state index is 8.78. The summed E-state index contributed by atoms with van der Waals surface area (Å²) in [5.41, 5.74) is 8.16. The lowest BCUT2D eigenvalue weighted by Gasteiger charge is -2.10. The van der Waals surface area contributed by atoms with E-state index >= 15 is 0 Å². The number of anilines is 1. The fourth-order valence-corrected chi connectivity index (χ4v) is 2.62. The third kappa shape index (κ3) is 4.36. The number of benzene rings is 3. The van der Waals surface area contributed by atoms with Gasteiger partial charge in [0.15, 0.2) is 0 Å². The molecular weight excluding hydrogens is 328 g/mol. The van der Waals surface area contributed by atoms with Gasteiger partial charge in [0, 0.05) is 29.5 Å². The van der Waals surface area contributed by atoms with Gasteiger partial charge in [0.1, 0.15) is 12.4 Å². The molecule has 4 N–H and O–H groups in total. The van der Waals surface area contributed by atoms with Gasteiger partial charge in [-0.3, -0.25) is 0 Å². The lowest BCUT2D eigenvalue weighted by atomic mass is 10.1. The molecule has 134 valence electrons. The molecular formula is C20H22N4O2. The zero-order chi connectivity index (χ0) is 18.2. The van der Waals surface area contributed by atoms with E-state index in [0.717, 1.165) is 34.4 Å². The second-order valence-electron chi connectivity index (χ2n) is 5.66. The number of azo groups is 1. The summed E-state index contributed by atoms with van der Waals surface area (Å²) < 4.78 is 5.34. The van der Waals surface area contributed by atoms with E-state index in [9.17, 15) is 0 Å². The van der Waals surface area contributed by atoms with Crippen molar-refractivity contribution >= 4 is 27.8 Å². The predicted molar refractivity (Wildman–Crippen MR) is 105 cm³/mol. The molecule has 0 aromatic heterocycles. The molecule has 3 aromatic carbocycles. The molecule has 0 aliphatic heterocycles. The largest absolute Gasteiger partial charge is 0.491 e. The average Bonchev–Trinajstić information content (AvgIpc) is 2.70. The van der Waals surface area contributed by atoms with Crippen LogP contribution in [-0.4, -0.2) is 31.4 Å². The third-order valence-corrected chi connectivity index (χ3v) is 3.83. The van der Waals surface area contributed by atoms with Crippen LogP contribution in [0.15, 0.2) is 70.9 Å². The lowest BCUT2D eigenvalue weighted by molar-refractivity contribution is 0.201. The summed E-state index contributed by atoms with van der Waals surface area (Å²) in [6.07, 6.45) is 0. The molecule has 6 nitrogen and oxygen atoms in total. The minimum atomic E-state index is -0.00926. The van der Waals surface area contributed by atoms with Gasteiger partial charge >= 0.3 is 0 Å². The molecule has 0 unspecified atom stereocenters. The molecule has 0 saturated heterocycles. The maximum Gasteiger partial charge on any atom is 0.119 e. The fourth-order valence-electron chi connectivity index (χ4n) is 2.62. The van der Waals surface area contributed by atoms with E-state index in [1.807, 2.05) is 54.6 Å². The van der Waals surface area contributed by atoms with E-state index < -0.39 is 0 Å². The molecule has 6 heteroatoms. The summed E-state index contributed by atoms with van der Waals surface area (Å²) in [5, 5.41) is 23.0. The Bertz CT molecular complexity index is 879. The summed E-state index contributed by atoms with van der Waals surface area (Å²) in [6, 6.07) is 19.3. The van der Waals surface area contributed by atoms with Crippen molar-refractivity contribution in [2.75, 3.05) is 31.6 Å². The highest BCUT2D eigenvalue weighted by Gasteiger charge is 2.05. The summed E-state index contributed by atoms with van der Waals surface area (Å²) in [5.74, 6) is 0.693. The van der Waals surface area contributed by atoms with Gasteiger partial charge in [0.05, 0.1) is 18.0 Å². The number of nitrogens with zero attached hydrogens (tertiary/aromatic N) is 2. The first kappa shape index (κ1) is 17.8. The predicted octanol–water partition coefficient (Wildman–Crippen LogP) is 4.00. The SMILES string of the molecule is NCCNc1ccc(N=Nc2ccc(OCCO)cc2)c2ccccc12. The number of nitrogens with one attached hydrogen (secondary N) is 1. The Labute approximate surface area is 152 Å². The topological polar surface area (TPSA) is 92.2 Å². The second kappa shape index (κ2) is 8.94.